The SMILES string of the molecule is CCN(CC)CCNC(=O)[C@@H]1CC(=O)NC(C)(C)C(=O)N[C@H](C(C)C)C(=O)NCCOc2ccccc2C(=O)N1. The van der Waals surface area contributed by atoms with Crippen LogP contribution < -0.4 is 31.3 Å². The van der Waals surface area contributed by atoms with Gasteiger partial charge >= 0.3 is 0 Å². The molecule has 12 heteroatoms. The zero-order valence-electron chi connectivity index (χ0n) is 24.4. The molecular formula is C28H44N6O6. The van der Waals surface area contributed by atoms with Crippen LogP contribution in [0.15, 0.2) is 24.3 Å². The summed E-state index contributed by atoms with van der Waals surface area (Å²) in [5, 5.41) is 13.6. The van der Waals surface area contributed by atoms with Crippen molar-refractivity contribution in [1.82, 2.24) is 31.5 Å². The number of likely N-dealkylation sites (N-methyl/N-ethyl adjacent to an activating group) is 1. The fourth-order valence-electron chi connectivity index (χ4n) is 4.17. The zero-order valence-corrected chi connectivity index (χ0v) is 24.4. The highest BCUT2D eigenvalue weighted by Gasteiger charge is 2.35. The van der Waals surface area contributed by atoms with E-state index in [-0.39, 0.29) is 30.4 Å². The minimum atomic E-state index is -1.40. The molecule has 1 aromatic carbocycles. The van der Waals surface area contributed by atoms with E-state index in [9.17, 15) is 24.0 Å². The predicted octanol–water partition coefficient (Wildman–Crippen LogP) is 0.177. The first-order valence-corrected chi connectivity index (χ1v) is 13.8. The van der Waals surface area contributed by atoms with Gasteiger partial charge in [-0.2, -0.15) is 0 Å². The first-order chi connectivity index (χ1) is 18.9. The molecule has 5 N–H and O–H groups in total. The highest BCUT2D eigenvalue weighted by atomic mass is 16.5. The number of amides is 5. The van der Waals surface area contributed by atoms with Gasteiger partial charge in [0.25, 0.3) is 5.91 Å². The van der Waals surface area contributed by atoms with Gasteiger partial charge in [-0.25, -0.2) is 0 Å². The summed E-state index contributed by atoms with van der Waals surface area (Å²) in [4.78, 5) is 67.5. The number of fused-ring (bicyclic) bond motifs is 1. The largest absolute Gasteiger partial charge is 0.491 e. The van der Waals surface area contributed by atoms with Crippen LogP contribution in [-0.4, -0.2) is 91.4 Å². The van der Waals surface area contributed by atoms with Crippen molar-refractivity contribution in [3.05, 3.63) is 29.8 Å². The maximum Gasteiger partial charge on any atom is 0.255 e. The maximum absolute atomic E-state index is 13.3. The van der Waals surface area contributed by atoms with Crippen molar-refractivity contribution in [2.24, 2.45) is 5.92 Å². The molecule has 1 aliphatic heterocycles. The van der Waals surface area contributed by atoms with Crippen molar-refractivity contribution in [3.8, 4) is 5.75 Å². The van der Waals surface area contributed by atoms with E-state index in [1.54, 1.807) is 38.1 Å². The quantitative estimate of drug-likeness (QED) is 0.318. The van der Waals surface area contributed by atoms with Gasteiger partial charge in [0, 0.05) is 13.1 Å². The Hall–Kier alpha value is -3.67. The number of nitrogens with zero attached hydrogens (tertiary/aromatic N) is 1. The summed E-state index contributed by atoms with van der Waals surface area (Å²) in [5.74, 6) is -2.67. The van der Waals surface area contributed by atoms with E-state index in [1.807, 2.05) is 13.8 Å². The number of carbonyl (C=O) groups excluding carboxylic acids is 5. The lowest BCUT2D eigenvalue weighted by Gasteiger charge is -2.30. The molecule has 1 aliphatic rings. The average molecular weight is 561 g/mol. The van der Waals surface area contributed by atoms with Gasteiger partial charge in [-0.15, -0.1) is 0 Å². The third-order valence-electron chi connectivity index (χ3n) is 6.68. The molecule has 0 unspecified atom stereocenters. The van der Waals surface area contributed by atoms with Gasteiger partial charge in [-0.05, 0) is 45.0 Å². The van der Waals surface area contributed by atoms with Gasteiger partial charge in [-0.1, -0.05) is 39.8 Å². The van der Waals surface area contributed by atoms with Gasteiger partial charge < -0.3 is 36.2 Å². The molecule has 0 aromatic heterocycles. The molecule has 0 saturated heterocycles. The number of rotatable bonds is 7. The van der Waals surface area contributed by atoms with E-state index >= 15 is 0 Å². The van der Waals surface area contributed by atoms with Crippen molar-refractivity contribution in [2.75, 3.05) is 39.3 Å². The van der Waals surface area contributed by atoms with E-state index in [2.05, 4.69) is 31.5 Å². The van der Waals surface area contributed by atoms with Crippen molar-refractivity contribution in [3.63, 3.8) is 0 Å². The second-order valence-corrected chi connectivity index (χ2v) is 10.6. The lowest BCUT2D eigenvalue weighted by atomic mass is 9.99. The third-order valence-corrected chi connectivity index (χ3v) is 6.68. The highest BCUT2D eigenvalue weighted by molar-refractivity contribution is 6.01. The topological polar surface area (TPSA) is 158 Å². The number of para-hydroxylation sites is 1. The zero-order chi connectivity index (χ0) is 29.9. The van der Waals surface area contributed by atoms with Gasteiger partial charge in [0.05, 0.1) is 18.5 Å². The standard InChI is InChI=1S/C28H44N6O6/c1-7-34(8-2)15-13-29-25(37)20-17-22(35)33-28(5,6)27(39)32-23(18(3)4)26(38)30-14-16-40-21-12-10-9-11-19(21)24(36)31-20/h9-12,18,20,23H,7-8,13-17H2,1-6H3,(H,29,37)(H,30,38)(H,31,36)(H,32,39)(H,33,35)/t20-,23+/m0/s1. The van der Waals surface area contributed by atoms with Crippen LogP contribution in [0.5, 0.6) is 5.75 Å². The summed E-state index contributed by atoms with van der Waals surface area (Å²) < 4.78 is 5.77. The summed E-state index contributed by atoms with van der Waals surface area (Å²) in [6, 6.07) is 4.46. The Morgan fingerprint density at radius 2 is 1.77 bits per heavy atom. The molecule has 1 heterocycles. The fraction of sp³-hybridized carbons (Fsp3) is 0.607. The van der Waals surface area contributed by atoms with Gasteiger partial charge in [0.2, 0.25) is 23.6 Å². The van der Waals surface area contributed by atoms with Crippen LogP contribution in [0.3, 0.4) is 0 Å². The number of nitrogens with one attached hydrogen (secondary N) is 5. The maximum atomic E-state index is 13.3. The Kier molecular flexibility index (Phi) is 12.4. The number of benzene rings is 1. The molecule has 12 nitrogen and oxygen atoms in total. The molecule has 2 atom stereocenters. The Morgan fingerprint density at radius 1 is 1.10 bits per heavy atom. The molecule has 0 fully saturated rings. The first-order valence-electron chi connectivity index (χ1n) is 13.8. The summed E-state index contributed by atoms with van der Waals surface area (Å²) >= 11 is 0. The molecule has 0 radical (unpaired) electrons. The van der Waals surface area contributed by atoms with E-state index in [0.29, 0.717) is 13.1 Å². The van der Waals surface area contributed by atoms with Gasteiger partial charge in [0.15, 0.2) is 0 Å². The molecule has 0 aliphatic carbocycles. The number of hydrogen-bond acceptors (Lipinski definition) is 7. The average Bonchev–Trinajstić information content (AvgIpc) is 2.90. The number of carbonyl (C=O) groups is 5. The van der Waals surface area contributed by atoms with E-state index in [4.69, 9.17) is 4.74 Å². The molecule has 40 heavy (non-hydrogen) atoms. The van der Waals surface area contributed by atoms with Crippen LogP contribution in [0.25, 0.3) is 0 Å². The van der Waals surface area contributed by atoms with Crippen LogP contribution in [0.4, 0.5) is 0 Å². The molecule has 0 spiro atoms. The second kappa shape index (κ2) is 15.2. The second-order valence-electron chi connectivity index (χ2n) is 10.6. The minimum absolute atomic E-state index is 0.0651. The van der Waals surface area contributed by atoms with Crippen LogP contribution in [-0.2, 0) is 19.2 Å². The van der Waals surface area contributed by atoms with Crippen molar-refractivity contribution in [1.29, 1.82) is 0 Å². The summed E-state index contributed by atoms with van der Waals surface area (Å²) in [5.41, 5.74) is -1.22. The molecule has 2 rings (SSSR count). The van der Waals surface area contributed by atoms with Crippen molar-refractivity contribution in [2.45, 2.75) is 65.6 Å². The normalized spacial score (nSPS) is 20.8. The van der Waals surface area contributed by atoms with Crippen LogP contribution in [0, 0.1) is 5.92 Å². The van der Waals surface area contributed by atoms with Crippen LogP contribution >= 0.6 is 0 Å². The van der Waals surface area contributed by atoms with Crippen LogP contribution in [0.1, 0.15) is 58.3 Å². The molecular weight excluding hydrogens is 516 g/mol. The van der Waals surface area contributed by atoms with Crippen LogP contribution in [0.2, 0.25) is 0 Å². The fourth-order valence-corrected chi connectivity index (χ4v) is 4.17. The van der Waals surface area contributed by atoms with E-state index in [1.165, 1.54) is 13.8 Å². The van der Waals surface area contributed by atoms with Crippen molar-refractivity contribution >= 4 is 29.5 Å². The van der Waals surface area contributed by atoms with Gasteiger partial charge in [-0.3, -0.25) is 24.0 Å². The lowest BCUT2D eigenvalue weighted by Crippen LogP contribution is -2.61. The summed E-state index contributed by atoms with van der Waals surface area (Å²) in [7, 11) is 0. The predicted molar refractivity (Wildman–Crippen MR) is 151 cm³/mol. The monoisotopic (exact) mass is 560 g/mol. The molecule has 0 saturated carbocycles. The Balaban J connectivity index is 2.35. The molecule has 1 aromatic rings. The number of hydrogen-bond donors (Lipinski definition) is 5. The van der Waals surface area contributed by atoms with Crippen molar-refractivity contribution < 1.29 is 28.7 Å². The first kappa shape index (κ1) is 32.5. The summed E-state index contributed by atoms with van der Waals surface area (Å²) in [6.07, 6.45) is -0.406. The lowest BCUT2D eigenvalue weighted by molar-refractivity contribution is -0.136. The minimum Gasteiger partial charge on any atom is -0.491 e. The Bertz CT molecular complexity index is 1060. The molecule has 222 valence electrons. The smallest absolute Gasteiger partial charge is 0.255 e. The third kappa shape index (κ3) is 9.51. The van der Waals surface area contributed by atoms with E-state index in [0.717, 1.165) is 13.1 Å². The van der Waals surface area contributed by atoms with Gasteiger partial charge in [0.1, 0.15) is 30.0 Å². The van der Waals surface area contributed by atoms with E-state index < -0.39 is 53.6 Å². The molecule has 5 amide bonds. The Morgan fingerprint density at radius 3 is 2.42 bits per heavy atom. The summed E-state index contributed by atoms with van der Waals surface area (Å²) in [6.45, 7) is 13.4. The highest BCUT2D eigenvalue weighted by Crippen LogP contribution is 2.18. The molecule has 0 bridgehead atoms. The number of ether oxygens (including phenoxy) is 1. The Labute approximate surface area is 236 Å².